The molecule has 0 amide bonds. The zero-order valence-electron chi connectivity index (χ0n) is 12.3. The average Bonchev–Trinajstić information content (AvgIpc) is 2.44. The van der Waals surface area contributed by atoms with Gasteiger partial charge in [-0.15, -0.1) is 0 Å². The molecule has 0 radical (unpaired) electrons. The van der Waals surface area contributed by atoms with E-state index in [-0.39, 0.29) is 17.8 Å². The number of rotatable bonds is 5. The van der Waals surface area contributed by atoms with Crippen molar-refractivity contribution in [2.45, 2.75) is 31.2 Å². The van der Waals surface area contributed by atoms with Gasteiger partial charge in [0, 0.05) is 0 Å². The molecule has 0 aromatic heterocycles. The van der Waals surface area contributed by atoms with Gasteiger partial charge in [0.2, 0.25) is 0 Å². The second kappa shape index (κ2) is 6.55. The molecule has 0 saturated carbocycles. The van der Waals surface area contributed by atoms with Crippen molar-refractivity contribution in [3.63, 3.8) is 0 Å². The van der Waals surface area contributed by atoms with Crippen molar-refractivity contribution in [3.05, 3.63) is 58.9 Å². The number of hydrogen-bond acceptors (Lipinski definition) is 3. The van der Waals surface area contributed by atoms with E-state index in [0.717, 1.165) is 5.56 Å². The van der Waals surface area contributed by atoms with E-state index in [9.17, 15) is 20.1 Å². The van der Waals surface area contributed by atoms with Crippen LogP contribution in [0.25, 0.3) is 0 Å². The molecule has 0 bridgehead atoms. The van der Waals surface area contributed by atoms with Crippen molar-refractivity contribution in [1.29, 1.82) is 0 Å². The highest BCUT2D eigenvalue weighted by molar-refractivity contribution is 6.24. The lowest BCUT2D eigenvalue weighted by Crippen LogP contribution is -2.37. The van der Waals surface area contributed by atoms with Crippen molar-refractivity contribution in [1.82, 2.24) is 0 Å². The van der Waals surface area contributed by atoms with Gasteiger partial charge in [0.25, 0.3) is 0 Å². The quantitative estimate of drug-likeness (QED) is 0.726. The van der Waals surface area contributed by atoms with Crippen LogP contribution >= 0.6 is 11.6 Å². The van der Waals surface area contributed by atoms with Crippen LogP contribution in [0.2, 0.25) is 0 Å². The Morgan fingerprint density at radius 2 is 1.95 bits per heavy atom. The molecule has 0 saturated heterocycles. The maximum absolute atomic E-state index is 11.5. The van der Waals surface area contributed by atoms with Crippen LogP contribution in [-0.2, 0) is 11.2 Å². The summed E-state index contributed by atoms with van der Waals surface area (Å²) in [5.74, 6) is -2.47. The van der Waals surface area contributed by atoms with Crippen LogP contribution in [0.1, 0.15) is 25.3 Å². The summed E-state index contributed by atoms with van der Waals surface area (Å²) < 4.78 is 0. The highest BCUT2D eigenvalue weighted by atomic mass is 35.5. The number of benzene rings is 1. The van der Waals surface area contributed by atoms with E-state index in [2.05, 4.69) is 0 Å². The minimum atomic E-state index is -1.80. The third-order valence-corrected chi connectivity index (χ3v) is 4.16. The van der Waals surface area contributed by atoms with Crippen LogP contribution in [0.15, 0.2) is 53.3 Å². The SMILES string of the molecule is CCCC1=CC(O)(Cl)C(Cc2ccccc2)C(O)=C1C(=O)O. The van der Waals surface area contributed by atoms with E-state index in [1.54, 1.807) is 0 Å². The summed E-state index contributed by atoms with van der Waals surface area (Å²) >= 11 is 6.18. The van der Waals surface area contributed by atoms with Gasteiger partial charge in [-0.25, -0.2) is 4.79 Å². The topological polar surface area (TPSA) is 77.8 Å². The van der Waals surface area contributed by atoms with E-state index in [0.29, 0.717) is 18.4 Å². The van der Waals surface area contributed by atoms with Gasteiger partial charge in [-0.3, -0.25) is 0 Å². The van der Waals surface area contributed by atoms with E-state index in [4.69, 9.17) is 11.6 Å². The summed E-state index contributed by atoms with van der Waals surface area (Å²) in [7, 11) is 0. The van der Waals surface area contributed by atoms with E-state index in [1.165, 1.54) is 6.08 Å². The molecule has 2 atom stereocenters. The first-order chi connectivity index (χ1) is 10.4. The van der Waals surface area contributed by atoms with Crippen LogP contribution in [0.4, 0.5) is 0 Å². The number of carboxylic acid groups (broad SMARTS) is 1. The molecule has 1 aromatic carbocycles. The Morgan fingerprint density at radius 1 is 1.32 bits per heavy atom. The standard InChI is InChI=1S/C17H19ClO4/c1-2-6-12-10-17(18,22)13(15(19)14(12)16(20)21)9-11-7-4-3-5-8-11/h3-5,7-8,10,13,19,22H,2,6,9H2,1H3,(H,20,21). The minimum absolute atomic E-state index is 0.145. The first-order valence-corrected chi connectivity index (χ1v) is 7.58. The highest BCUT2D eigenvalue weighted by Crippen LogP contribution is 2.41. The molecule has 3 N–H and O–H groups in total. The van der Waals surface area contributed by atoms with E-state index >= 15 is 0 Å². The molecule has 1 aliphatic rings. The molecular formula is C17H19ClO4. The first-order valence-electron chi connectivity index (χ1n) is 7.20. The molecule has 0 heterocycles. The van der Waals surface area contributed by atoms with Crippen LogP contribution in [0.5, 0.6) is 0 Å². The Morgan fingerprint density at radius 3 is 2.50 bits per heavy atom. The number of carbonyl (C=O) groups is 1. The maximum atomic E-state index is 11.5. The van der Waals surface area contributed by atoms with Crippen molar-refractivity contribution in [2.24, 2.45) is 5.92 Å². The van der Waals surface area contributed by atoms with Crippen molar-refractivity contribution < 1.29 is 20.1 Å². The van der Waals surface area contributed by atoms with Gasteiger partial charge in [0.05, 0.1) is 5.92 Å². The van der Waals surface area contributed by atoms with Crippen molar-refractivity contribution in [3.8, 4) is 0 Å². The number of carboxylic acids is 1. The fraction of sp³-hybridized carbons (Fsp3) is 0.353. The van der Waals surface area contributed by atoms with Gasteiger partial charge in [-0.1, -0.05) is 55.3 Å². The summed E-state index contributed by atoms with van der Waals surface area (Å²) in [4.78, 5) is 11.5. The average molecular weight is 323 g/mol. The number of aliphatic carboxylic acids is 1. The number of hydrogen-bond donors (Lipinski definition) is 3. The highest BCUT2D eigenvalue weighted by Gasteiger charge is 2.43. The first kappa shape index (κ1) is 16.6. The summed E-state index contributed by atoms with van der Waals surface area (Å²) in [6, 6.07) is 9.21. The van der Waals surface area contributed by atoms with E-state index in [1.807, 2.05) is 37.3 Å². The Bertz CT molecular complexity index is 617. The maximum Gasteiger partial charge on any atom is 0.339 e. The predicted octanol–water partition coefficient (Wildman–Crippen LogP) is 3.41. The van der Waals surface area contributed by atoms with Crippen molar-refractivity contribution in [2.75, 3.05) is 0 Å². The summed E-state index contributed by atoms with van der Waals surface area (Å²) in [6.45, 7) is 1.89. The largest absolute Gasteiger partial charge is 0.511 e. The number of alkyl halides is 1. The number of halogens is 1. The Balaban J connectivity index is 2.43. The molecule has 118 valence electrons. The molecule has 2 rings (SSSR count). The van der Waals surface area contributed by atoms with Gasteiger partial charge in [0.1, 0.15) is 11.3 Å². The monoisotopic (exact) mass is 322 g/mol. The Labute approximate surface area is 134 Å². The number of aliphatic hydroxyl groups is 2. The third-order valence-electron chi connectivity index (χ3n) is 3.79. The Kier molecular flexibility index (Phi) is 4.94. The minimum Gasteiger partial charge on any atom is -0.511 e. The fourth-order valence-corrected chi connectivity index (χ4v) is 3.06. The molecule has 0 spiro atoms. The molecule has 0 fully saturated rings. The van der Waals surface area contributed by atoms with Gasteiger partial charge in [-0.05, 0) is 30.1 Å². The second-order valence-electron chi connectivity index (χ2n) is 5.45. The lowest BCUT2D eigenvalue weighted by molar-refractivity contribution is -0.132. The van der Waals surface area contributed by atoms with Crippen LogP contribution < -0.4 is 0 Å². The lowest BCUT2D eigenvalue weighted by atomic mass is 9.81. The van der Waals surface area contributed by atoms with Gasteiger partial charge < -0.3 is 15.3 Å². The van der Waals surface area contributed by atoms with Crippen LogP contribution in [0.3, 0.4) is 0 Å². The zero-order valence-corrected chi connectivity index (χ0v) is 13.0. The zero-order chi connectivity index (χ0) is 16.3. The normalized spacial score (nSPS) is 25.0. The summed E-state index contributed by atoms with van der Waals surface area (Å²) in [5, 5.41) is 28.4. The molecule has 0 aliphatic heterocycles. The van der Waals surface area contributed by atoms with E-state index < -0.39 is 16.9 Å². The summed E-state index contributed by atoms with van der Waals surface area (Å²) in [6.07, 6.45) is 2.72. The molecule has 5 heteroatoms. The van der Waals surface area contributed by atoms with Gasteiger partial charge in [0.15, 0.2) is 5.06 Å². The molecular weight excluding hydrogens is 304 g/mol. The van der Waals surface area contributed by atoms with Crippen LogP contribution in [0, 0.1) is 5.92 Å². The van der Waals surface area contributed by atoms with Crippen LogP contribution in [-0.4, -0.2) is 26.3 Å². The Hall–Kier alpha value is -1.78. The molecule has 2 unspecified atom stereocenters. The molecule has 1 aromatic rings. The molecule has 4 nitrogen and oxygen atoms in total. The predicted molar refractivity (Wildman–Crippen MR) is 84.7 cm³/mol. The lowest BCUT2D eigenvalue weighted by Gasteiger charge is -2.33. The van der Waals surface area contributed by atoms with Crippen molar-refractivity contribution >= 4 is 17.6 Å². The number of aliphatic hydroxyl groups excluding tert-OH is 1. The smallest absolute Gasteiger partial charge is 0.339 e. The third kappa shape index (κ3) is 3.34. The summed E-state index contributed by atoms with van der Waals surface area (Å²) in [5.41, 5.74) is 1.08. The van der Waals surface area contributed by atoms with Gasteiger partial charge >= 0.3 is 5.97 Å². The van der Waals surface area contributed by atoms with Gasteiger partial charge in [-0.2, -0.15) is 0 Å². The second-order valence-corrected chi connectivity index (χ2v) is 6.06. The molecule has 1 aliphatic carbocycles. The fourth-order valence-electron chi connectivity index (χ4n) is 2.75. The molecule has 22 heavy (non-hydrogen) atoms.